The van der Waals surface area contributed by atoms with Crippen LogP contribution >= 0.6 is 0 Å². The van der Waals surface area contributed by atoms with Gasteiger partial charge in [-0.1, -0.05) is 18.2 Å². The fourth-order valence-corrected chi connectivity index (χ4v) is 2.01. The molecule has 0 unspecified atom stereocenters. The zero-order valence-corrected chi connectivity index (χ0v) is 12.9. The molecule has 0 heterocycles. The van der Waals surface area contributed by atoms with Crippen LogP contribution in [0, 0.1) is 11.3 Å². The summed E-state index contributed by atoms with van der Waals surface area (Å²) in [5.41, 5.74) is 0.858. The van der Waals surface area contributed by atoms with Gasteiger partial charge in [-0.15, -0.1) is 0 Å². The third kappa shape index (κ3) is 5.54. The average Bonchev–Trinajstić information content (AvgIpc) is 3.30. The summed E-state index contributed by atoms with van der Waals surface area (Å²) in [6.07, 6.45) is 2.21. The quantitative estimate of drug-likeness (QED) is 0.488. The number of hydrogen-bond acceptors (Lipinski definition) is 3. The van der Waals surface area contributed by atoms with Crippen molar-refractivity contribution in [2.24, 2.45) is 10.9 Å². The Labute approximate surface area is 134 Å². The number of aliphatic carboxylic acids is 1. The van der Waals surface area contributed by atoms with Crippen molar-refractivity contribution in [1.82, 2.24) is 5.32 Å². The summed E-state index contributed by atoms with van der Waals surface area (Å²) in [6.45, 7) is 2.52. The van der Waals surface area contributed by atoms with Crippen LogP contribution in [0.4, 0.5) is 5.69 Å². The molecule has 0 aromatic heterocycles. The van der Waals surface area contributed by atoms with Gasteiger partial charge in [0.25, 0.3) is 5.91 Å². The Kier molecular flexibility index (Phi) is 5.46. The molecular weight excluding hydrogens is 296 g/mol. The van der Waals surface area contributed by atoms with E-state index in [1.54, 1.807) is 31.2 Å². The Balaban J connectivity index is 1.96. The Morgan fingerprint density at radius 1 is 1.35 bits per heavy atom. The van der Waals surface area contributed by atoms with E-state index in [1.807, 2.05) is 0 Å². The predicted molar refractivity (Wildman–Crippen MR) is 88.0 cm³/mol. The first-order chi connectivity index (χ1) is 11.0. The van der Waals surface area contributed by atoms with Gasteiger partial charge in [0.2, 0.25) is 5.84 Å². The molecule has 23 heavy (non-hydrogen) atoms. The number of hydrogen-bond donors (Lipinski definition) is 4. The number of rotatable bonds is 5. The van der Waals surface area contributed by atoms with Crippen molar-refractivity contribution in [1.29, 1.82) is 5.41 Å². The first-order valence-corrected chi connectivity index (χ1v) is 7.44. The van der Waals surface area contributed by atoms with Crippen molar-refractivity contribution in [3.8, 4) is 0 Å². The van der Waals surface area contributed by atoms with Crippen LogP contribution in [0.25, 0.3) is 0 Å². The summed E-state index contributed by atoms with van der Waals surface area (Å²) in [4.78, 5) is 26.8. The standard InChI is InChI=1S/C16H20N4O3/c1-10(18-9-11-6-7-11)19-15(17)16(23)20-13-5-3-2-4-12(13)8-14(21)22/h2-5,11H,6-9H2,1H3,(H,20,23)(H,21,22)(H2,17,18,19). The van der Waals surface area contributed by atoms with Gasteiger partial charge in [0.1, 0.15) is 5.84 Å². The second kappa shape index (κ2) is 7.53. The Morgan fingerprint density at radius 3 is 2.70 bits per heavy atom. The first kappa shape index (κ1) is 16.7. The third-order valence-corrected chi connectivity index (χ3v) is 3.45. The maximum Gasteiger partial charge on any atom is 0.307 e. The van der Waals surface area contributed by atoms with Gasteiger partial charge in [0.15, 0.2) is 0 Å². The highest BCUT2D eigenvalue weighted by Crippen LogP contribution is 2.27. The highest BCUT2D eigenvalue weighted by molar-refractivity contribution is 6.42. The average molecular weight is 316 g/mol. The summed E-state index contributed by atoms with van der Waals surface area (Å²) in [6, 6.07) is 6.62. The lowest BCUT2D eigenvalue weighted by Gasteiger charge is -2.09. The Hall–Kier alpha value is -2.70. The van der Waals surface area contributed by atoms with Crippen LogP contribution in [0.15, 0.2) is 29.3 Å². The zero-order chi connectivity index (χ0) is 16.8. The number of aliphatic imine (C=N–C) groups is 1. The molecule has 1 aliphatic carbocycles. The van der Waals surface area contributed by atoms with Crippen molar-refractivity contribution >= 4 is 29.2 Å². The molecule has 1 amide bonds. The van der Waals surface area contributed by atoms with E-state index in [4.69, 9.17) is 10.5 Å². The van der Waals surface area contributed by atoms with Gasteiger partial charge in [-0.25, -0.2) is 4.99 Å². The number of nitrogens with zero attached hydrogens (tertiary/aromatic N) is 1. The molecule has 1 aliphatic rings. The summed E-state index contributed by atoms with van der Waals surface area (Å²) in [5, 5.41) is 22.2. The van der Waals surface area contributed by atoms with Crippen molar-refractivity contribution in [2.75, 3.05) is 11.9 Å². The number of nitrogens with one attached hydrogen (secondary N) is 3. The number of carboxylic acid groups (broad SMARTS) is 1. The molecule has 0 spiro atoms. The van der Waals surface area contributed by atoms with Crippen molar-refractivity contribution in [2.45, 2.75) is 26.2 Å². The first-order valence-electron chi connectivity index (χ1n) is 7.44. The van der Waals surface area contributed by atoms with Crippen molar-refractivity contribution in [3.63, 3.8) is 0 Å². The molecule has 0 aliphatic heterocycles. The van der Waals surface area contributed by atoms with Crippen LogP contribution in [-0.4, -0.2) is 35.2 Å². The van der Waals surface area contributed by atoms with Gasteiger partial charge >= 0.3 is 5.97 Å². The van der Waals surface area contributed by atoms with E-state index < -0.39 is 17.7 Å². The lowest BCUT2D eigenvalue weighted by Crippen LogP contribution is -2.27. The topological polar surface area (TPSA) is 115 Å². The summed E-state index contributed by atoms with van der Waals surface area (Å²) < 4.78 is 0. The maximum atomic E-state index is 12.0. The summed E-state index contributed by atoms with van der Waals surface area (Å²) >= 11 is 0. The van der Waals surface area contributed by atoms with Crippen molar-refractivity contribution < 1.29 is 14.7 Å². The Morgan fingerprint density at radius 2 is 2.04 bits per heavy atom. The molecule has 1 aromatic carbocycles. The van der Waals surface area contributed by atoms with E-state index in [1.165, 1.54) is 12.8 Å². The minimum absolute atomic E-state index is 0.199. The number of anilines is 1. The summed E-state index contributed by atoms with van der Waals surface area (Å²) in [7, 11) is 0. The largest absolute Gasteiger partial charge is 0.481 e. The number of benzene rings is 1. The van der Waals surface area contributed by atoms with Crippen LogP contribution in [-0.2, 0) is 16.0 Å². The highest BCUT2D eigenvalue weighted by Gasteiger charge is 2.20. The second-order valence-corrected chi connectivity index (χ2v) is 5.55. The fourth-order valence-electron chi connectivity index (χ4n) is 2.01. The van der Waals surface area contributed by atoms with Gasteiger partial charge in [-0.3, -0.25) is 15.0 Å². The number of carbonyl (C=O) groups excluding carboxylic acids is 1. The highest BCUT2D eigenvalue weighted by atomic mass is 16.4. The van der Waals surface area contributed by atoms with Crippen LogP contribution in [0.3, 0.4) is 0 Å². The molecule has 7 nitrogen and oxygen atoms in total. The molecule has 1 saturated carbocycles. The van der Waals surface area contributed by atoms with Gasteiger partial charge in [0, 0.05) is 12.2 Å². The molecule has 1 fully saturated rings. The van der Waals surface area contributed by atoms with E-state index in [-0.39, 0.29) is 6.42 Å². The molecule has 122 valence electrons. The number of para-hydroxylation sites is 1. The molecule has 0 radical (unpaired) electrons. The molecule has 7 heteroatoms. The monoisotopic (exact) mass is 316 g/mol. The molecule has 2 rings (SSSR count). The smallest absolute Gasteiger partial charge is 0.307 e. The molecule has 0 atom stereocenters. The molecule has 4 N–H and O–H groups in total. The van der Waals surface area contributed by atoms with Crippen LogP contribution in [0.2, 0.25) is 0 Å². The number of amides is 1. The van der Waals surface area contributed by atoms with E-state index >= 15 is 0 Å². The summed E-state index contributed by atoms with van der Waals surface area (Å²) in [5.74, 6) is -0.881. The fraction of sp³-hybridized carbons (Fsp3) is 0.375. The SMILES string of the molecule is C/C(=N\C(=N)C(=O)Nc1ccccc1CC(=O)O)NCC1CC1. The minimum atomic E-state index is -0.986. The van der Waals surface area contributed by atoms with Gasteiger partial charge < -0.3 is 15.7 Å². The predicted octanol–water partition coefficient (Wildman–Crippen LogP) is 1.65. The molecule has 0 bridgehead atoms. The van der Waals surface area contributed by atoms with Crippen LogP contribution in [0.1, 0.15) is 25.3 Å². The van der Waals surface area contributed by atoms with Crippen molar-refractivity contribution in [3.05, 3.63) is 29.8 Å². The van der Waals surface area contributed by atoms with Crippen LogP contribution in [0.5, 0.6) is 0 Å². The maximum absolute atomic E-state index is 12.0. The molecular formula is C16H20N4O3. The van der Waals surface area contributed by atoms with E-state index in [0.29, 0.717) is 23.0 Å². The number of carboxylic acids is 1. The van der Waals surface area contributed by atoms with Gasteiger partial charge in [-0.05, 0) is 37.3 Å². The minimum Gasteiger partial charge on any atom is -0.481 e. The van der Waals surface area contributed by atoms with E-state index in [0.717, 1.165) is 6.54 Å². The Bertz CT molecular complexity index is 650. The molecule has 1 aromatic rings. The lowest BCUT2D eigenvalue weighted by molar-refractivity contribution is -0.136. The second-order valence-electron chi connectivity index (χ2n) is 5.55. The lowest BCUT2D eigenvalue weighted by atomic mass is 10.1. The van der Waals surface area contributed by atoms with Crippen LogP contribution < -0.4 is 10.6 Å². The normalized spacial score (nSPS) is 14.2. The van der Waals surface area contributed by atoms with Gasteiger partial charge in [-0.2, -0.15) is 0 Å². The van der Waals surface area contributed by atoms with Gasteiger partial charge in [0.05, 0.1) is 6.42 Å². The number of carbonyl (C=O) groups is 2. The number of amidine groups is 2. The third-order valence-electron chi connectivity index (χ3n) is 3.45. The van der Waals surface area contributed by atoms with E-state index in [2.05, 4.69) is 15.6 Å². The van der Waals surface area contributed by atoms with E-state index in [9.17, 15) is 9.59 Å². The molecule has 0 saturated heterocycles. The zero-order valence-electron chi connectivity index (χ0n) is 12.9.